The van der Waals surface area contributed by atoms with E-state index >= 15 is 0 Å². The molecule has 0 saturated carbocycles. The van der Waals surface area contributed by atoms with Crippen molar-refractivity contribution >= 4 is 40.5 Å². The van der Waals surface area contributed by atoms with E-state index in [2.05, 4.69) is 36.3 Å². The van der Waals surface area contributed by atoms with E-state index in [9.17, 15) is 14.4 Å². The van der Waals surface area contributed by atoms with Crippen LogP contribution in [0.25, 0.3) is 0 Å². The Morgan fingerprint density at radius 1 is 0.867 bits per heavy atom. The van der Waals surface area contributed by atoms with Crippen molar-refractivity contribution in [3.8, 4) is 5.75 Å². The van der Waals surface area contributed by atoms with E-state index in [1.807, 2.05) is 47.0 Å². The number of pyridine rings is 1. The van der Waals surface area contributed by atoms with Gasteiger partial charge in [0.25, 0.3) is 17.4 Å². The van der Waals surface area contributed by atoms with Crippen molar-refractivity contribution in [3.05, 3.63) is 117 Å². The van der Waals surface area contributed by atoms with Crippen LogP contribution in [0.3, 0.4) is 0 Å². The van der Waals surface area contributed by atoms with Gasteiger partial charge in [0.1, 0.15) is 5.75 Å². The largest absolute Gasteiger partial charge is 0.495 e. The molecule has 1 saturated heterocycles. The predicted molar refractivity (Wildman–Crippen MR) is 179 cm³/mol. The Hall–Kier alpha value is -4.56. The van der Waals surface area contributed by atoms with Gasteiger partial charge in [0.15, 0.2) is 0 Å². The molecule has 45 heavy (non-hydrogen) atoms. The molecule has 9 heteroatoms. The van der Waals surface area contributed by atoms with Gasteiger partial charge in [-0.2, -0.15) is 0 Å². The molecule has 6 rings (SSSR count). The van der Waals surface area contributed by atoms with Crippen LogP contribution in [0.5, 0.6) is 5.75 Å². The number of hydrogen-bond acceptors (Lipinski definition) is 5. The maximum Gasteiger partial charge on any atom is 0.255 e. The highest BCUT2D eigenvalue weighted by molar-refractivity contribution is 6.32. The highest BCUT2D eigenvalue weighted by atomic mass is 35.5. The van der Waals surface area contributed by atoms with Gasteiger partial charge in [0.2, 0.25) is 0 Å². The van der Waals surface area contributed by atoms with Gasteiger partial charge in [-0.25, -0.2) is 0 Å². The number of hydrogen-bond donors (Lipinski definition) is 2. The minimum Gasteiger partial charge on any atom is -0.495 e. The van der Waals surface area contributed by atoms with Crippen molar-refractivity contribution in [1.29, 1.82) is 0 Å². The second-order valence-corrected chi connectivity index (χ2v) is 13.3. The maximum absolute atomic E-state index is 13.6. The summed E-state index contributed by atoms with van der Waals surface area (Å²) in [5.41, 5.74) is 5.00. The van der Waals surface area contributed by atoms with Gasteiger partial charge in [-0.3, -0.25) is 14.4 Å². The molecule has 3 heterocycles. The smallest absolute Gasteiger partial charge is 0.255 e. The van der Waals surface area contributed by atoms with Crippen molar-refractivity contribution in [2.45, 2.75) is 45.1 Å². The molecule has 2 bridgehead atoms. The first kappa shape index (κ1) is 30.5. The summed E-state index contributed by atoms with van der Waals surface area (Å²) in [5.74, 6) is 0.385. The molecule has 1 aromatic heterocycles. The summed E-state index contributed by atoms with van der Waals surface area (Å²) >= 11 is 6.27. The van der Waals surface area contributed by atoms with Gasteiger partial charge in [-0.05, 0) is 77.9 Å². The second kappa shape index (κ2) is 12.1. The molecule has 0 unspecified atom stereocenters. The number of nitrogens with zero attached hydrogens (tertiary/aromatic N) is 2. The number of nitrogens with one attached hydrogen (secondary N) is 2. The van der Waals surface area contributed by atoms with Crippen molar-refractivity contribution in [1.82, 2.24) is 4.57 Å². The average Bonchev–Trinajstić information content (AvgIpc) is 3.01. The molecule has 0 spiro atoms. The van der Waals surface area contributed by atoms with Gasteiger partial charge in [-0.15, -0.1) is 0 Å². The first-order chi connectivity index (χ1) is 21.5. The molecule has 2 N–H and O–H groups in total. The second-order valence-electron chi connectivity index (χ2n) is 12.9. The molecule has 8 nitrogen and oxygen atoms in total. The zero-order valence-electron chi connectivity index (χ0n) is 25.9. The number of fused-ring (bicyclic) bond motifs is 4. The summed E-state index contributed by atoms with van der Waals surface area (Å²) in [6, 6.07) is 23.5. The number of ether oxygens (including phenoxy) is 1. The lowest BCUT2D eigenvalue weighted by atomic mass is 9.83. The Morgan fingerprint density at radius 2 is 1.60 bits per heavy atom. The van der Waals surface area contributed by atoms with Crippen LogP contribution in [0, 0.1) is 5.92 Å². The molecule has 0 aliphatic carbocycles. The predicted octanol–water partition coefficient (Wildman–Crippen LogP) is 6.94. The highest BCUT2D eigenvalue weighted by Crippen LogP contribution is 2.39. The van der Waals surface area contributed by atoms with Gasteiger partial charge in [0.05, 0.1) is 23.5 Å². The Labute approximate surface area is 268 Å². The first-order valence-electron chi connectivity index (χ1n) is 15.2. The average molecular weight is 625 g/mol. The number of carbonyl (C=O) groups is 2. The Morgan fingerprint density at radius 3 is 2.31 bits per heavy atom. The summed E-state index contributed by atoms with van der Waals surface area (Å²) in [5, 5.41) is 6.38. The van der Waals surface area contributed by atoms with Crippen LogP contribution in [0.2, 0.25) is 5.02 Å². The van der Waals surface area contributed by atoms with Crippen LogP contribution in [0.1, 0.15) is 65.1 Å². The molecule has 2 aliphatic heterocycles. The van der Waals surface area contributed by atoms with E-state index in [1.54, 1.807) is 36.4 Å². The molecule has 1 fully saturated rings. The van der Waals surface area contributed by atoms with E-state index < -0.39 is 0 Å². The van der Waals surface area contributed by atoms with Crippen molar-refractivity contribution in [2.75, 3.05) is 35.7 Å². The van der Waals surface area contributed by atoms with E-state index in [1.165, 1.54) is 7.11 Å². The van der Waals surface area contributed by atoms with Crippen LogP contribution in [-0.4, -0.2) is 36.6 Å². The normalized spacial score (nSPS) is 17.3. The van der Waals surface area contributed by atoms with Crippen molar-refractivity contribution < 1.29 is 14.3 Å². The van der Waals surface area contributed by atoms with E-state index in [0.29, 0.717) is 46.4 Å². The standard InChI is InChI=1S/C36H37ClN4O4/c1-36(2,3)26-11-8-23(9-12-26)34(43)39-29-17-24(35(44)38-27-13-15-32(45-4)28(37)18-27)10-14-31(29)40-19-22-16-25(21-40)30-6-5-7-33(42)41(30)20-22/h5-15,17-18,22,25H,16,19-21H2,1-4H3,(H,38,44)(H,39,43)/t22-,25+/m1/s1. The van der Waals surface area contributed by atoms with Gasteiger partial charge >= 0.3 is 0 Å². The van der Waals surface area contributed by atoms with Gasteiger partial charge < -0.3 is 24.8 Å². The molecular weight excluding hydrogens is 588 g/mol. The number of anilines is 3. The van der Waals surface area contributed by atoms with Crippen LogP contribution in [0.4, 0.5) is 17.1 Å². The molecule has 2 atom stereocenters. The summed E-state index contributed by atoms with van der Waals surface area (Å²) in [6.07, 6.45) is 1.01. The number of piperidine rings is 1. The van der Waals surface area contributed by atoms with E-state index in [0.717, 1.165) is 29.9 Å². The number of methoxy groups -OCH3 is 1. The lowest BCUT2D eigenvalue weighted by Gasteiger charge is -2.44. The topological polar surface area (TPSA) is 92.7 Å². The van der Waals surface area contributed by atoms with Crippen LogP contribution >= 0.6 is 11.6 Å². The summed E-state index contributed by atoms with van der Waals surface area (Å²) in [4.78, 5) is 41.8. The number of halogens is 1. The Bertz CT molecular complexity index is 1830. The fourth-order valence-corrected chi connectivity index (χ4v) is 6.67. The molecule has 0 radical (unpaired) electrons. The molecular formula is C36H37ClN4O4. The van der Waals surface area contributed by atoms with E-state index in [-0.39, 0.29) is 34.6 Å². The summed E-state index contributed by atoms with van der Waals surface area (Å²) < 4.78 is 7.12. The van der Waals surface area contributed by atoms with Crippen molar-refractivity contribution in [2.24, 2.45) is 5.92 Å². The summed E-state index contributed by atoms with van der Waals surface area (Å²) in [7, 11) is 1.53. The fraction of sp³-hybridized carbons (Fsp3) is 0.306. The molecule has 232 valence electrons. The lowest BCUT2D eigenvalue weighted by molar-refractivity contribution is 0.101. The first-order valence-corrected chi connectivity index (χ1v) is 15.5. The Balaban J connectivity index is 1.31. The quantitative estimate of drug-likeness (QED) is 0.243. The SMILES string of the molecule is COc1ccc(NC(=O)c2ccc(N3C[C@H]4C[C@@H](C3)c3cccc(=O)n3C4)c(NC(=O)c3ccc(C(C)(C)C)cc3)c2)cc1Cl. The third kappa shape index (κ3) is 6.33. The van der Waals surface area contributed by atoms with Crippen LogP contribution < -0.4 is 25.8 Å². The number of benzene rings is 3. The fourth-order valence-electron chi connectivity index (χ4n) is 6.41. The third-order valence-electron chi connectivity index (χ3n) is 8.75. The number of carbonyl (C=O) groups excluding carboxylic acids is 2. The minimum absolute atomic E-state index is 0.0337. The zero-order valence-corrected chi connectivity index (χ0v) is 26.6. The molecule has 3 aromatic carbocycles. The molecule has 2 aliphatic rings. The Kier molecular flexibility index (Phi) is 8.18. The highest BCUT2D eigenvalue weighted by Gasteiger charge is 2.35. The minimum atomic E-state index is -0.336. The van der Waals surface area contributed by atoms with Crippen LogP contribution in [-0.2, 0) is 12.0 Å². The number of aromatic nitrogens is 1. The third-order valence-corrected chi connectivity index (χ3v) is 9.05. The van der Waals surface area contributed by atoms with Crippen molar-refractivity contribution in [3.63, 3.8) is 0 Å². The van der Waals surface area contributed by atoms with E-state index in [4.69, 9.17) is 16.3 Å². The van der Waals surface area contributed by atoms with Gasteiger partial charge in [-0.1, -0.05) is 50.6 Å². The lowest BCUT2D eigenvalue weighted by Crippen LogP contribution is -2.47. The number of rotatable bonds is 6. The zero-order chi connectivity index (χ0) is 31.9. The molecule has 2 amide bonds. The number of amides is 2. The van der Waals surface area contributed by atoms with Gasteiger partial charge in [0, 0.05) is 54.1 Å². The van der Waals surface area contributed by atoms with Crippen LogP contribution in [0.15, 0.2) is 83.7 Å². The molecule has 4 aromatic rings. The monoisotopic (exact) mass is 624 g/mol. The summed E-state index contributed by atoms with van der Waals surface area (Å²) in [6.45, 7) is 8.48. The maximum atomic E-state index is 13.6.